The number of fused-ring (bicyclic) bond motifs is 1. The van der Waals surface area contributed by atoms with Crippen molar-refractivity contribution in [3.63, 3.8) is 0 Å². The van der Waals surface area contributed by atoms with E-state index in [-0.39, 0.29) is 0 Å². The minimum absolute atomic E-state index is 0.760. The molecule has 1 aliphatic rings. The van der Waals surface area contributed by atoms with Crippen LogP contribution in [0.5, 0.6) is 0 Å². The van der Waals surface area contributed by atoms with Gasteiger partial charge in [-0.15, -0.1) is 0 Å². The van der Waals surface area contributed by atoms with Crippen molar-refractivity contribution in [1.29, 1.82) is 0 Å². The van der Waals surface area contributed by atoms with Gasteiger partial charge in [-0.05, 0) is 6.07 Å². The lowest BCUT2D eigenvalue weighted by Gasteiger charge is -2.08. The zero-order chi connectivity index (χ0) is 9.10. The average Bonchev–Trinajstić information content (AvgIpc) is 2.58. The predicted molar refractivity (Wildman–Crippen MR) is 52.0 cm³/mol. The van der Waals surface area contributed by atoms with Gasteiger partial charge in [0.1, 0.15) is 12.2 Å². The van der Waals surface area contributed by atoms with E-state index in [9.17, 15) is 0 Å². The van der Waals surface area contributed by atoms with E-state index in [1.54, 1.807) is 7.11 Å². The minimum atomic E-state index is 0.760. The molecule has 1 atom stereocenters. The lowest BCUT2D eigenvalue weighted by Crippen LogP contribution is -3.05. The van der Waals surface area contributed by atoms with Crippen LogP contribution in [0.1, 0.15) is 0 Å². The molecule has 0 radical (unpaired) electrons. The lowest BCUT2D eigenvalue weighted by atomic mass is 10.2. The maximum Gasteiger partial charge on any atom is 0.194 e. The molecule has 0 saturated heterocycles. The Morgan fingerprint density at radius 2 is 2.23 bits per heavy atom. The first-order chi connectivity index (χ1) is 6.42. The summed E-state index contributed by atoms with van der Waals surface area (Å²) in [5.41, 5.74) is 2.33. The van der Waals surface area contributed by atoms with E-state index in [0.29, 0.717) is 0 Å². The van der Waals surface area contributed by atoms with Gasteiger partial charge in [0.25, 0.3) is 0 Å². The molecule has 0 amide bonds. The highest BCUT2D eigenvalue weighted by molar-refractivity contribution is 5.71. The molecule has 1 aliphatic heterocycles. The zero-order valence-electron chi connectivity index (χ0n) is 7.66. The van der Waals surface area contributed by atoms with E-state index in [4.69, 9.17) is 4.74 Å². The molecule has 0 spiro atoms. The molecule has 68 valence electrons. The Labute approximate surface area is 77.7 Å². The largest absolute Gasteiger partial charge is 0.379 e. The molecule has 2 rings (SSSR count). The van der Waals surface area contributed by atoms with Crippen molar-refractivity contribution < 1.29 is 9.64 Å². The van der Waals surface area contributed by atoms with Crippen molar-refractivity contribution in [1.82, 2.24) is 0 Å². The molecule has 3 nitrogen and oxygen atoms in total. The highest BCUT2D eigenvalue weighted by Crippen LogP contribution is 2.22. The first kappa shape index (κ1) is 8.41. The number of rotatable bonds is 3. The number of hydrogen-bond donors (Lipinski definition) is 1. The number of nitrogens with one attached hydrogen (secondary N) is 1. The fraction of sp³-hybridized carbons (Fsp3) is 0.300. The van der Waals surface area contributed by atoms with Gasteiger partial charge in [0.05, 0.1) is 6.61 Å². The van der Waals surface area contributed by atoms with E-state index >= 15 is 0 Å². The van der Waals surface area contributed by atoms with Crippen LogP contribution in [0.15, 0.2) is 29.3 Å². The van der Waals surface area contributed by atoms with Gasteiger partial charge >= 0.3 is 0 Å². The zero-order valence-corrected chi connectivity index (χ0v) is 7.66. The SMILES string of the molecule is COCC[NH+]1C=Nc2ccccc21. The third-order valence-corrected chi connectivity index (χ3v) is 2.18. The Balaban J connectivity index is 2.14. The fourth-order valence-electron chi connectivity index (χ4n) is 1.49. The number of para-hydroxylation sites is 2. The standard InChI is InChI=1S/C10H12N2O/c1-13-7-6-12-8-11-9-4-2-3-5-10(9)12/h2-5,8H,6-7H2,1H3/p+1. The third-order valence-electron chi connectivity index (χ3n) is 2.18. The minimum Gasteiger partial charge on any atom is -0.379 e. The van der Waals surface area contributed by atoms with Crippen molar-refractivity contribution >= 4 is 17.7 Å². The average molecular weight is 177 g/mol. The Morgan fingerprint density at radius 3 is 3.08 bits per heavy atom. The Kier molecular flexibility index (Phi) is 2.38. The lowest BCUT2D eigenvalue weighted by molar-refractivity contribution is -0.721. The smallest absolute Gasteiger partial charge is 0.194 e. The van der Waals surface area contributed by atoms with Gasteiger partial charge in [-0.3, -0.25) is 4.90 Å². The first-order valence-corrected chi connectivity index (χ1v) is 4.40. The molecular formula is C10H13N2O+. The number of hydrogen-bond acceptors (Lipinski definition) is 2. The molecule has 0 bridgehead atoms. The summed E-state index contributed by atoms with van der Waals surface area (Å²) < 4.78 is 5.04. The second-order valence-electron chi connectivity index (χ2n) is 3.04. The quantitative estimate of drug-likeness (QED) is 0.715. The summed E-state index contributed by atoms with van der Waals surface area (Å²) in [4.78, 5) is 5.59. The summed E-state index contributed by atoms with van der Waals surface area (Å²) in [6, 6.07) is 8.19. The summed E-state index contributed by atoms with van der Waals surface area (Å²) in [6.45, 7) is 1.70. The Hall–Kier alpha value is -1.19. The van der Waals surface area contributed by atoms with Crippen molar-refractivity contribution in [2.75, 3.05) is 20.3 Å². The molecule has 1 aromatic rings. The van der Waals surface area contributed by atoms with Crippen LogP contribution in [-0.2, 0) is 4.74 Å². The van der Waals surface area contributed by atoms with Gasteiger partial charge in [0.2, 0.25) is 0 Å². The normalized spacial score (nSPS) is 19.0. The van der Waals surface area contributed by atoms with Crippen molar-refractivity contribution in [2.24, 2.45) is 4.99 Å². The van der Waals surface area contributed by atoms with Crippen molar-refractivity contribution in [3.05, 3.63) is 24.3 Å². The van der Waals surface area contributed by atoms with Crippen LogP contribution in [0, 0.1) is 0 Å². The summed E-state index contributed by atoms with van der Waals surface area (Å²) in [5, 5.41) is 0. The van der Waals surface area contributed by atoms with E-state index in [1.807, 2.05) is 24.5 Å². The molecule has 0 aliphatic carbocycles. The summed E-state index contributed by atoms with van der Waals surface area (Å²) in [5.74, 6) is 0. The van der Waals surface area contributed by atoms with E-state index in [1.165, 1.54) is 10.6 Å². The monoisotopic (exact) mass is 177 g/mol. The second kappa shape index (κ2) is 3.68. The molecular weight excluding hydrogens is 164 g/mol. The van der Waals surface area contributed by atoms with Crippen LogP contribution in [0.4, 0.5) is 11.4 Å². The van der Waals surface area contributed by atoms with Crippen molar-refractivity contribution in [2.45, 2.75) is 0 Å². The predicted octanol–water partition coefficient (Wildman–Crippen LogP) is 0.523. The molecule has 1 aromatic carbocycles. The molecule has 13 heavy (non-hydrogen) atoms. The van der Waals surface area contributed by atoms with E-state index < -0.39 is 0 Å². The molecule has 3 heteroatoms. The summed E-state index contributed by atoms with van der Waals surface area (Å²) >= 11 is 0. The van der Waals surface area contributed by atoms with Gasteiger partial charge < -0.3 is 4.74 Å². The number of benzene rings is 1. The maximum absolute atomic E-state index is 5.04. The first-order valence-electron chi connectivity index (χ1n) is 4.40. The van der Waals surface area contributed by atoms with E-state index in [2.05, 4.69) is 11.1 Å². The van der Waals surface area contributed by atoms with Crippen LogP contribution in [0.25, 0.3) is 0 Å². The van der Waals surface area contributed by atoms with Gasteiger partial charge in [-0.2, -0.15) is 4.99 Å². The number of methoxy groups -OCH3 is 1. The third kappa shape index (κ3) is 1.61. The summed E-state index contributed by atoms with van der Waals surface area (Å²) in [7, 11) is 1.72. The summed E-state index contributed by atoms with van der Waals surface area (Å²) in [6.07, 6.45) is 1.93. The van der Waals surface area contributed by atoms with Gasteiger partial charge in [0.15, 0.2) is 12.0 Å². The number of aliphatic imine (C=N–C) groups is 1. The molecule has 0 saturated carbocycles. The molecule has 1 N–H and O–H groups in total. The van der Waals surface area contributed by atoms with Crippen LogP contribution in [-0.4, -0.2) is 26.6 Å². The number of quaternary nitrogens is 1. The van der Waals surface area contributed by atoms with Crippen LogP contribution < -0.4 is 4.90 Å². The highest BCUT2D eigenvalue weighted by Gasteiger charge is 2.19. The van der Waals surface area contributed by atoms with Gasteiger partial charge in [-0.1, -0.05) is 12.1 Å². The Bertz CT molecular complexity index is 322. The van der Waals surface area contributed by atoms with Gasteiger partial charge in [-0.25, -0.2) is 0 Å². The van der Waals surface area contributed by atoms with Crippen molar-refractivity contribution in [3.8, 4) is 0 Å². The Morgan fingerprint density at radius 1 is 1.38 bits per heavy atom. The topological polar surface area (TPSA) is 26.0 Å². The molecule has 1 unspecified atom stereocenters. The second-order valence-corrected chi connectivity index (χ2v) is 3.04. The van der Waals surface area contributed by atoms with Crippen LogP contribution >= 0.6 is 0 Å². The fourth-order valence-corrected chi connectivity index (χ4v) is 1.49. The van der Waals surface area contributed by atoms with Crippen LogP contribution in [0.3, 0.4) is 0 Å². The number of ether oxygens (including phenoxy) is 1. The van der Waals surface area contributed by atoms with Gasteiger partial charge in [0, 0.05) is 13.2 Å². The van der Waals surface area contributed by atoms with Crippen LogP contribution in [0.2, 0.25) is 0 Å². The maximum atomic E-state index is 5.04. The highest BCUT2D eigenvalue weighted by atomic mass is 16.5. The molecule has 1 heterocycles. The molecule has 0 fully saturated rings. The van der Waals surface area contributed by atoms with E-state index in [0.717, 1.165) is 18.8 Å². The molecule has 0 aromatic heterocycles. The number of nitrogens with zero attached hydrogens (tertiary/aromatic N) is 1.